The maximum atomic E-state index is 11.0. The van der Waals surface area contributed by atoms with Crippen molar-refractivity contribution in [3.05, 3.63) is 23.3 Å². The molecule has 0 amide bonds. The van der Waals surface area contributed by atoms with Crippen LogP contribution in [0.15, 0.2) is 17.0 Å². The van der Waals surface area contributed by atoms with Gasteiger partial charge in [0.05, 0.1) is 4.90 Å². The largest absolute Gasteiger partial charge is 0.508 e. The molecule has 0 aliphatic carbocycles. The molecule has 5 heteroatoms. The van der Waals surface area contributed by atoms with Gasteiger partial charge >= 0.3 is 0 Å². The summed E-state index contributed by atoms with van der Waals surface area (Å²) in [6.45, 7) is 3.19. The summed E-state index contributed by atoms with van der Waals surface area (Å²) in [6.07, 6.45) is 0. The van der Waals surface area contributed by atoms with Gasteiger partial charge in [-0.05, 0) is 31.5 Å². The molecule has 0 saturated heterocycles. The van der Waals surface area contributed by atoms with Crippen molar-refractivity contribution in [2.24, 2.45) is 0 Å². The summed E-state index contributed by atoms with van der Waals surface area (Å²) in [6, 6.07) is 2.91. The fourth-order valence-electron chi connectivity index (χ4n) is 1.06. The summed E-state index contributed by atoms with van der Waals surface area (Å²) in [7, 11) is 1.40. The number of phenolic OH excluding ortho intramolecular Hbond substituents is 1. The number of hydrogen-bond acceptors (Lipinski definition) is 3. The Morgan fingerprint density at radius 1 is 1.31 bits per heavy atom. The third kappa shape index (κ3) is 2.14. The third-order valence-corrected chi connectivity index (χ3v) is 3.19. The number of rotatable bonds is 1. The molecule has 1 aromatic carbocycles. The number of benzene rings is 1. The number of halogens is 1. The van der Waals surface area contributed by atoms with Crippen molar-refractivity contribution in [2.45, 2.75) is 18.7 Å². The minimum Gasteiger partial charge on any atom is -0.508 e. The molecule has 0 aliphatic heterocycles. The van der Waals surface area contributed by atoms with E-state index in [1.165, 1.54) is 19.1 Å². The molecule has 1 aromatic rings. The molecule has 0 aliphatic rings. The average molecular weight is 221 g/mol. The summed E-state index contributed by atoms with van der Waals surface area (Å²) in [5, 5.41) is 9.32. The Bertz CT molecular complexity index is 437. The molecule has 0 unspecified atom stereocenters. The van der Waals surface area contributed by atoms with Crippen molar-refractivity contribution >= 4 is 19.7 Å². The molecule has 13 heavy (non-hydrogen) atoms. The van der Waals surface area contributed by atoms with E-state index in [1.54, 1.807) is 6.92 Å². The molecule has 0 atom stereocenters. The Hall–Kier alpha value is -0.740. The smallest absolute Gasteiger partial charge is 0.261 e. The zero-order valence-corrected chi connectivity index (χ0v) is 8.78. The molecular formula is C8H9ClO3S. The molecule has 1 N–H and O–H groups in total. The molecule has 0 heterocycles. The van der Waals surface area contributed by atoms with Crippen LogP contribution in [-0.2, 0) is 9.05 Å². The predicted octanol–water partition coefficient (Wildman–Crippen LogP) is 1.94. The molecule has 0 fully saturated rings. The summed E-state index contributed by atoms with van der Waals surface area (Å²) in [5.74, 6) is -0.0563. The van der Waals surface area contributed by atoms with Gasteiger partial charge in [-0.1, -0.05) is 0 Å². The Kier molecular flexibility index (Phi) is 2.54. The highest BCUT2D eigenvalue weighted by atomic mass is 35.7. The fraction of sp³-hybridized carbons (Fsp3) is 0.250. The monoisotopic (exact) mass is 220 g/mol. The highest BCUT2D eigenvalue weighted by molar-refractivity contribution is 8.13. The van der Waals surface area contributed by atoms with Gasteiger partial charge in [-0.2, -0.15) is 0 Å². The highest BCUT2D eigenvalue weighted by Crippen LogP contribution is 2.27. The van der Waals surface area contributed by atoms with E-state index in [1.807, 2.05) is 0 Å². The van der Waals surface area contributed by atoms with E-state index in [0.717, 1.165) is 0 Å². The Morgan fingerprint density at radius 3 is 2.31 bits per heavy atom. The summed E-state index contributed by atoms with van der Waals surface area (Å²) in [4.78, 5) is -0.0355. The minimum atomic E-state index is -3.77. The van der Waals surface area contributed by atoms with E-state index in [4.69, 9.17) is 10.7 Å². The molecule has 0 radical (unpaired) electrons. The lowest BCUT2D eigenvalue weighted by molar-refractivity contribution is 0.468. The van der Waals surface area contributed by atoms with Crippen LogP contribution in [0.1, 0.15) is 11.1 Å². The molecule has 1 rings (SSSR count). The number of phenols is 1. The maximum absolute atomic E-state index is 11.0. The van der Waals surface area contributed by atoms with Crippen LogP contribution in [0.2, 0.25) is 0 Å². The van der Waals surface area contributed by atoms with Crippen molar-refractivity contribution < 1.29 is 13.5 Å². The molecule has 0 saturated carbocycles. The average Bonchev–Trinajstić information content (AvgIpc) is 1.94. The molecule has 0 spiro atoms. The van der Waals surface area contributed by atoms with E-state index in [9.17, 15) is 13.5 Å². The van der Waals surface area contributed by atoms with Crippen LogP contribution in [0.3, 0.4) is 0 Å². The summed E-state index contributed by atoms with van der Waals surface area (Å²) in [5.41, 5.74) is 0.933. The van der Waals surface area contributed by atoms with E-state index in [-0.39, 0.29) is 16.2 Å². The normalized spacial score (nSPS) is 11.6. The molecular weight excluding hydrogens is 212 g/mol. The van der Waals surface area contributed by atoms with E-state index in [0.29, 0.717) is 5.56 Å². The van der Waals surface area contributed by atoms with Crippen LogP contribution in [0.25, 0.3) is 0 Å². The van der Waals surface area contributed by atoms with Gasteiger partial charge in [-0.3, -0.25) is 0 Å². The predicted molar refractivity (Wildman–Crippen MR) is 50.6 cm³/mol. The molecule has 3 nitrogen and oxygen atoms in total. The van der Waals surface area contributed by atoms with Gasteiger partial charge in [-0.15, -0.1) is 0 Å². The second kappa shape index (κ2) is 3.20. The summed E-state index contributed by atoms with van der Waals surface area (Å²) >= 11 is 0. The first-order valence-electron chi connectivity index (χ1n) is 3.57. The first-order valence-corrected chi connectivity index (χ1v) is 5.88. The van der Waals surface area contributed by atoms with E-state index >= 15 is 0 Å². The zero-order chi connectivity index (χ0) is 10.2. The lowest BCUT2D eigenvalue weighted by atomic mass is 10.1. The van der Waals surface area contributed by atoms with Crippen molar-refractivity contribution in [1.29, 1.82) is 0 Å². The van der Waals surface area contributed by atoms with Crippen LogP contribution in [0.5, 0.6) is 5.75 Å². The number of aromatic hydroxyl groups is 1. The number of hydrogen-bond donors (Lipinski definition) is 1. The standard InChI is InChI=1S/C8H9ClO3S/c1-5-3-7(10)6(2)8(4-5)13(9,11)12/h3-4,10H,1-2H3. The van der Waals surface area contributed by atoms with Crippen LogP contribution >= 0.6 is 10.7 Å². The van der Waals surface area contributed by atoms with Gasteiger partial charge in [0.15, 0.2) is 0 Å². The second-order valence-corrected chi connectivity index (χ2v) is 5.38. The summed E-state index contributed by atoms with van der Waals surface area (Å²) < 4.78 is 22.0. The molecule has 0 bridgehead atoms. The zero-order valence-electron chi connectivity index (χ0n) is 7.20. The highest BCUT2D eigenvalue weighted by Gasteiger charge is 2.16. The quantitative estimate of drug-likeness (QED) is 0.736. The Morgan fingerprint density at radius 2 is 1.85 bits per heavy atom. The van der Waals surface area contributed by atoms with Gasteiger partial charge in [0.25, 0.3) is 9.05 Å². The first kappa shape index (κ1) is 10.3. The van der Waals surface area contributed by atoms with Crippen molar-refractivity contribution in [1.82, 2.24) is 0 Å². The number of aryl methyl sites for hydroxylation is 1. The van der Waals surface area contributed by atoms with Gasteiger partial charge in [0, 0.05) is 16.2 Å². The van der Waals surface area contributed by atoms with Crippen molar-refractivity contribution in [2.75, 3.05) is 0 Å². The molecule has 0 aromatic heterocycles. The van der Waals surface area contributed by atoms with Gasteiger partial charge in [0.2, 0.25) is 0 Å². The van der Waals surface area contributed by atoms with E-state index < -0.39 is 9.05 Å². The van der Waals surface area contributed by atoms with E-state index in [2.05, 4.69) is 0 Å². The SMILES string of the molecule is Cc1cc(O)c(C)c(S(=O)(=O)Cl)c1. The van der Waals surface area contributed by atoms with Crippen LogP contribution in [0.4, 0.5) is 0 Å². The maximum Gasteiger partial charge on any atom is 0.261 e. The van der Waals surface area contributed by atoms with Crippen molar-refractivity contribution in [3.63, 3.8) is 0 Å². The van der Waals surface area contributed by atoms with Crippen LogP contribution in [-0.4, -0.2) is 13.5 Å². The van der Waals surface area contributed by atoms with Gasteiger partial charge < -0.3 is 5.11 Å². The van der Waals surface area contributed by atoms with Crippen LogP contribution < -0.4 is 0 Å². The first-order chi connectivity index (χ1) is 5.82. The second-order valence-electron chi connectivity index (χ2n) is 2.85. The lowest BCUT2D eigenvalue weighted by Gasteiger charge is -2.05. The minimum absolute atomic E-state index is 0.0355. The van der Waals surface area contributed by atoms with Gasteiger partial charge in [-0.25, -0.2) is 8.42 Å². The molecule has 72 valence electrons. The van der Waals surface area contributed by atoms with Gasteiger partial charge in [0.1, 0.15) is 5.75 Å². The topological polar surface area (TPSA) is 54.4 Å². The Labute approximate surface area is 81.4 Å². The Balaban J connectivity index is 3.56. The van der Waals surface area contributed by atoms with Crippen LogP contribution in [0, 0.1) is 13.8 Å². The lowest BCUT2D eigenvalue weighted by Crippen LogP contribution is -1.95. The third-order valence-electron chi connectivity index (χ3n) is 1.74. The van der Waals surface area contributed by atoms with Crippen molar-refractivity contribution in [3.8, 4) is 5.75 Å². The fourth-order valence-corrected chi connectivity index (χ4v) is 2.34.